The molecule has 0 atom stereocenters. The largest absolute Gasteiger partial charge is 0.310 e. The van der Waals surface area contributed by atoms with Crippen molar-refractivity contribution in [2.24, 2.45) is 0 Å². The Morgan fingerprint density at radius 1 is 1.32 bits per heavy atom. The third-order valence-electron chi connectivity index (χ3n) is 2.66. The molecule has 0 aliphatic heterocycles. The first kappa shape index (κ1) is 14.3. The first-order valence-corrected chi connectivity index (χ1v) is 6.98. The minimum atomic E-state index is 0.559. The summed E-state index contributed by atoms with van der Waals surface area (Å²) in [5.74, 6) is 0.784. The van der Waals surface area contributed by atoms with E-state index in [-0.39, 0.29) is 0 Å². The molecule has 1 aromatic carbocycles. The van der Waals surface area contributed by atoms with Crippen molar-refractivity contribution in [1.82, 2.24) is 20.1 Å². The van der Waals surface area contributed by atoms with Crippen LogP contribution in [0.2, 0.25) is 10.0 Å². The molecule has 0 aliphatic rings. The minimum absolute atomic E-state index is 0.559. The molecule has 2 aromatic rings. The van der Waals surface area contributed by atoms with Crippen LogP contribution in [0.3, 0.4) is 0 Å². The van der Waals surface area contributed by atoms with Crippen LogP contribution in [-0.2, 0) is 13.1 Å². The molecule has 1 heterocycles. The summed E-state index contributed by atoms with van der Waals surface area (Å²) < 4.78 is 1.76. The Morgan fingerprint density at radius 3 is 2.95 bits per heavy atom. The third-order valence-corrected chi connectivity index (χ3v) is 3.52. The molecule has 0 spiro atoms. The molecule has 0 saturated heterocycles. The Balaban J connectivity index is 2.01. The van der Waals surface area contributed by atoms with E-state index < -0.39 is 0 Å². The first-order valence-electron chi connectivity index (χ1n) is 6.22. The predicted octanol–water partition coefficient (Wildman–Crippen LogP) is 3.13. The standard InChI is InChI=1S/C13H16Cl2N4/c1-2-6-16-7-12-17-9-19(18-12)8-10-4-3-5-11(14)13(10)15/h3-5,9,16H,2,6-8H2,1H3. The highest BCUT2D eigenvalue weighted by Gasteiger charge is 2.06. The van der Waals surface area contributed by atoms with Crippen molar-refractivity contribution in [1.29, 1.82) is 0 Å². The second-order valence-electron chi connectivity index (χ2n) is 4.25. The summed E-state index contributed by atoms with van der Waals surface area (Å²) in [6.07, 6.45) is 2.80. The van der Waals surface area contributed by atoms with Crippen molar-refractivity contribution in [2.75, 3.05) is 6.54 Å². The zero-order chi connectivity index (χ0) is 13.7. The topological polar surface area (TPSA) is 42.7 Å². The van der Waals surface area contributed by atoms with Crippen LogP contribution in [0.1, 0.15) is 24.7 Å². The second kappa shape index (κ2) is 6.89. The molecule has 19 heavy (non-hydrogen) atoms. The molecule has 0 fully saturated rings. The molecule has 0 unspecified atom stereocenters. The van der Waals surface area contributed by atoms with Crippen LogP contribution in [0.4, 0.5) is 0 Å². The van der Waals surface area contributed by atoms with E-state index in [1.165, 1.54) is 0 Å². The van der Waals surface area contributed by atoms with Gasteiger partial charge in [-0.15, -0.1) is 0 Å². The van der Waals surface area contributed by atoms with Crippen molar-refractivity contribution < 1.29 is 0 Å². The Hall–Kier alpha value is -1.10. The summed E-state index contributed by atoms with van der Waals surface area (Å²) in [7, 11) is 0. The number of rotatable bonds is 6. The van der Waals surface area contributed by atoms with Gasteiger partial charge in [-0.25, -0.2) is 9.67 Å². The highest BCUT2D eigenvalue weighted by molar-refractivity contribution is 6.42. The Kier molecular flexibility index (Phi) is 5.19. The number of benzene rings is 1. The smallest absolute Gasteiger partial charge is 0.164 e. The van der Waals surface area contributed by atoms with Crippen molar-refractivity contribution in [3.05, 3.63) is 46.0 Å². The number of nitrogens with one attached hydrogen (secondary N) is 1. The van der Waals surface area contributed by atoms with E-state index in [0.29, 0.717) is 23.1 Å². The molecule has 0 saturated carbocycles. The van der Waals surface area contributed by atoms with Crippen molar-refractivity contribution in [3.8, 4) is 0 Å². The Morgan fingerprint density at radius 2 is 2.16 bits per heavy atom. The monoisotopic (exact) mass is 298 g/mol. The van der Waals surface area contributed by atoms with Crippen molar-refractivity contribution >= 4 is 23.2 Å². The van der Waals surface area contributed by atoms with Gasteiger partial charge in [0, 0.05) is 0 Å². The number of hydrogen-bond acceptors (Lipinski definition) is 3. The van der Waals surface area contributed by atoms with E-state index in [4.69, 9.17) is 23.2 Å². The van der Waals surface area contributed by atoms with E-state index in [0.717, 1.165) is 24.4 Å². The van der Waals surface area contributed by atoms with E-state index in [1.807, 2.05) is 12.1 Å². The van der Waals surface area contributed by atoms with Gasteiger partial charge in [-0.1, -0.05) is 42.3 Å². The van der Waals surface area contributed by atoms with E-state index in [1.54, 1.807) is 17.1 Å². The van der Waals surface area contributed by atoms with Gasteiger partial charge in [0.15, 0.2) is 5.82 Å². The van der Waals surface area contributed by atoms with Crippen molar-refractivity contribution in [3.63, 3.8) is 0 Å². The Labute approximate surface area is 122 Å². The summed E-state index contributed by atoms with van der Waals surface area (Å²) in [4.78, 5) is 4.25. The predicted molar refractivity (Wildman–Crippen MR) is 77.6 cm³/mol. The van der Waals surface area contributed by atoms with Crippen LogP contribution in [0.15, 0.2) is 24.5 Å². The molecule has 0 aliphatic carbocycles. The third kappa shape index (κ3) is 3.93. The molecule has 6 heteroatoms. The minimum Gasteiger partial charge on any atom is -0.310 e. The lowest BCUT2D eigenvalue weighted by atomic mass is 10.2. The molecular weight excluding hydrogens is 283 g/mol. The normalized spacial score (nSPS) is 10.9. The van der Waals surface area contributed by atoms with Gasteiger partial charge in [0.1, 0.15) is 6.33 Å². The lowest BCUT2D eigenvalue weighted by molar-refractivity contribution is 0.625. The van der Waals surface area contributed by atoms with Gasteiger partial charge in [0.05, 0.1) is 23.1 Å². The van der Waals surface area contributed by atoms with Gasteiger partial charge < -0.3 is 5.32 Å². The molecular formula is C13H16Cl2N4. The van der Waals surface area contributed by atoms with Crippen LogP contribution < -0.4 is 5.32 Å². The second-order valence-corrected chi connectivity index (χ2v) is 5.03. The van der Waals surface area contributed by atoms with Gasteiger partial charge in [0.25, 0.3) is 0 Å². The number of halogens is 2. The van der Waals surface area contributed by atoms with Crippen LogP contribution in [-0.4, -0.2) is 21.3 Å². The van der Waals surface area contributed by atoms with Crippen molar-refractivity contribution in [2.45, 2.75) is 26.4 Å². The molecule has 0 bridgehead atoms. The van der Waals surface area contributed by atoms with Gasteiger partial charge in [0.2, 0.25) is 0 Å². The molecule has 102 valence electrons. The number of nitrogens with zero attached hydrogens (tertiary/aromatic N) is 3. The maximum atomic E-state index is 6.15. The zero-order valence-corrected chi connectivity index (χ0v) is 12.2. The van der Waals surface area contributed by atoms with Gasteiger partial charge in [-0.2, -0.15) is 5.10 Å². The molecule has 1 N–H and O–H groups in total. The van der Waals surface area contributed by atoms with E-state index in [9.17, 15) is 0 Å². The number of hydrogen-bond donors (Lipinski definition) is 1. The Bertz CT molecular complexity index is 539. The van der Waals surface area contributed by atoms with Crippen LogP contribution in [0.5, 0.6) is 0 Å². The fourth-order valence-corrected chi connectivity index (χ4v) is 2.09. The summed E-state index contributed by atoms with van der Waals surface area (Å²) >= 11 is 12.1. The summed E-state index contributed by atoms with van der Waals surface area (Å²) in [5, 5.41) is 8.79. The van der Waals surface area contributed by atoms with Crippen LogP contribution in [0, 0.1) is 0 Å². The summed E-state index contributed by atoms with van der Waals surface area (Å²) in [5.41, 5.74) is 0.937. The molecule has 0 radical (unpaired) electrons. The lowest BCUT2D eigenvalue weighted by Gasteiger charge is -2.05. The van der Waals surface area contributed by atoms with Crippen LogP contribution >= 0.6 is 23.2 Å². The molecule has 2 rings (SSSR count). The summed E-state index contributed by atoms with van der Waals surface area (Å²) in [6, 6.07) is 5.59. The molecule has 0 amide bonds. The maximum Gasteiger partial charge on any atom is 0.164 e. The van der Waals surface area contributed by atoms with Gasteiger partial charge >= 0.3 is 0 Å². The lowest BCUT2D eigenvalue weighted by Crippen LogP contribution is -2.15. The number of aromatic nitrogens is 3. The molecule has 4 nitrogen and oxygen atoms in total. The fraction of sp³-hybridized carbons (Fsp3) is 0.385. The summed E-state index contributed by atoms with van der Waals surface area (Å²) in [6.45, 7) is 4.35. The highest BCUT2D eigenvalue weighted by Crippen LogP contribution is 2.25. The van der Waals surface area contributed by atoms with E-state index >= 15 is 0 Å². The van der Waals surface area contributed by atoms with Crippen LogP contribution in [0.25, 0.3) is 0 Å². The average Bonchev–Trinajstić information content (AvgIpc) is 2.83. The van der Waals surface area contributed by atoms with Gasteiger partial charge in [-0.3, -0.25) is 0 Å². The van der Waals surface area contributed by atoms with Gasteiger partial charge in [-0.05, 0) is 24.6 Å². The quantitative estimate of drug-likeness (QED) is 0.833. The zero-order valence-electron chi connectivity index (χ0n) is 10.7. The first-order chi connectivity index (χ1) is 9.20. The molecule has 1 aromatic heterocycles. The average molecular weight is 299 g/mol. The van der Waals surface area contributed by atoms with E-state index in [2.05, 4.69) is 22.3 Å². The fourth-order valence-electron chi connectivity index (χ4n) is 1.71. The highest BCUT2D eigenvalue weighted by atomic mass is 35.5. The maximum absolute atomic E-state index is 6.15. The SMILES string of the molecule is CCCNCc1ncn(Cc2cccc(Cl)c2Cl)n1.